The lowest BCUT2D eigenvalue weighted by Crippen LogP contribution is -2.19. The number of nitro groups is 1. The van der Waals surface area contributed by atoms with Crippen LogP contribution < -0.4 is 5.48 Å². The molecule has 0 bridgehead atoms. The first-order valence-corrected chi connectivity index (χ1v) is 5.41. The Hall–Kier alpha value is -2.03. The topological polar surface area (TPSA) is 111 Å². The Morgan fingerprint density at radius 3 is 2.79 bits per heavy atom. The minimum absolute atomic E-state index is 0.0486. The van der Waals surface area contributed by atoms with E-state index in [-0.39, 0.29) is 24.3 Å². The summed E-state index contributed by atoms with van der Waals surface area (Å²) in [6.45, 7) is 0.717. The van der Waals surface area contributed by atoms with Gasteiger partial charge in [0.05, 0.1) is 18.1 Å². The highest BCUT2D eigenvalue weighted by molar-refractivity contribution is 5.94. The fourth-order valence-corrected chi connectivity index (χ4v) is 1.46. The van der Waals surface area contributed by atoms with E-state index in [2.05, 4.69) is 5.48 Å². The highest BCUT2D eigenvalue weighted by Crippen LogP contribution is 2.22. The number of carbonyl (C=O) groups is 1. The van der Waals surface area contributed by atoms with Crippen molar-refractivity contribution in [2.75, 3.05) is 20.3 Å². The number of nitrogens with zero attached hydrogens (tertiary/aromatic N) is 1. The molecule has 0 saturated heterocycles. The quantitative estimate of drug-likeness (QED) is 0.411. The molecular weight excluding hydrogens is 256 g/mol. The van der Waals surface area contributed by atoms with Gasteiger partial charge in [-0.3, -0.25) is 15.0 Å². The van der Waals surface area contributed by atoms with Crippen LogP contribution in [0, 0.1) is 10.1 Å². The zero-order valence-electron chi connectivity index (χ0n) is 10.3. The number of methoxy groups -OCH3 is 1. The van der Waals surface area contributed by atoms with E-state index in [4.69, 9.17) is 14.7 Å². The standard InChI is InChI=1S/C11H14N2O6/c1-18-5-6-19-12-7-8-3-2-4-9(13(16)17)10(8)11(14)15/h2-4,12H,5-7H2,1H3,(H,14,15). The van der Waals surface area contributed by atoms with Crippen LogP contribution in [-0.2, 0) is 16.1 Å². The Bertz CT molecular complexity index is 462. The lowest BCUT2D eigenvalue weighted by Gasteiger charge is -2.08. The van der Waals surface area contributed by atoms with Gasteiger partial charge in [0.15, 0.2) is 0 Å². The smallest absolute Gasteiger partial charge is 0.343 e. The van der Waals surface area contributed by atoms with Crippen LogP contribution in [0.1, 0.15) is 15.9 Å². The minimum Gasteiger partial charge on any atom is -0.477 e. The monoisotopic (exact) mass is 270 g/mol. The summed E-state index contributed by atoms with van der Waals surface area (Å²) < 4.78 is 4.76. The van der Waals surface area contributed by atoms with E-state index in [1.165, 1.54) is 19.2 Å². The second-order valence-corrected chi connectivity index (χ2v) is 3.54. The van der Waals surface area contributed by atoms with Crippen LogP contribution in [0.3, 0.4) is 0 Å². The molecule has 0 amide bonds. The first-order chi connectivity index (χ1) is 9.07. The Balaban J connectivity index is 2.80. The number of hydrogen-bond donors (Lipinski definition) is 2. The molecule has 0 heterocycles. The van der Waals surface area contributed by atoms with Gasteiger partial charge in [-0.15, -0.1) is 0 Å². The zero-order chi connectivity index (χ0) is 14.3. The number of nitrogens with one attached hydrogen (secondary N) is 1. The van der Waals surface area contributed by atoms with Crippen LogP contribution in [0.15, 0.2) is 18.2 Å². The van der Waals surface area contributed by atoms with E-state index in [0.29, 0.717) is 6.61 Å². The van der Waals surface area contributed by atoms with Gasteiger partial charge < -0.3 is 9.84 Å². The summed E-state index contributed by atoms with van der Waals surface area (Å²) in [4.78, 5) is 26.1. The normalized spacial score (nSPS) is 10.4. The molecule has 0 aromatic heterocycles. The van der Waals surface area contributed by atoms with E-state index in [1.54, 1.807) is 0 Å². The molecule has 0 fully saturated rings. The predicted molar refractivity (Wildman–Crippen MR) is 64.7 cm³/mol. The lowest BCUT2D eigenvalue weighted by atomic mass is 10.1. The molecule has 0 saturated carbocycles. The van der Waals surface area contributed by atoms with Crippen molar-refractivity contribution in [2.24, 2.45) is 0 Å². The minimum atomic E-state index is -1.35. The van der Waals surface area contributed by atoms with Crippen molar-refractivity contribution in [3.05, 3.63) is 39.4 Å². The molecule has 0 aliphatic heterocycles. The molecule has 0 unspecified atom stereocenters. The average molecular weight is 270 g/mol. The fourth-order valence-electron chi connectivity index (χ4n) is 1.46. The van der Waals surface area contributed by atoms with Gasteiger partial charge in [0, 0.05) is 19.7 Å². The molecule has 2 N–H and O–H groups in total. The van der Waals surface area contributed by atoms with Crippen molar-refractivity contribution in [3.8, 4) is 0 Å². The number of carboxylic acid groups (broad SMARTS) is 1. The van der Waals surface area contributed by atoms with Crippen molar-refractivity contribution in [1.29, 1.82) is 0 Å². The van der Waals surface area contributed by atoms with E-state index < -0.39 is 16.6 Å². The van der Waals surface area contributed by atoms with Crippen LogP contribution in [0.4, 0.5) is 5.69 Å². The van der Waals surface area contributed by atoms with Gasteiger partial charge in [0.25, 0.3) is 5.69 Å². The third-order valence-electron chi connectivity index (χ3n) is 2.29. The maximum atomic E-state index is 11.1. The Labute approximate surface area is 109 Å². The molecule has 0 radical (unpaired) electrons. The molecule has 0 aliphatic rings. The van der Waals surface area contributed by atoms with Crippen molar-refractivity contribution in [2.45, 2.75) is 6.54 Å². The third-order valence-corrected chi connectivity index (χ3v) is 2.29. The van der Waals surface area contributed by atoms with Crippen molar-refractivity contribution >= 4 is 11.7 Å². The Morgan fingerprint density at radius 1 is 1.47 bits per heavy atom. The first kappa shape index (κ1) is 15.0. The van der Waals surface area contributed by atoms with Crippen molar-refractivity contribution < 1.29 is 24.4 Å². The summed E-state index contributed by atoms with van der Waals surface area (Å²) in [5.41, 5.74) is 2.03. The number of hydroxylamine groups is 1. The second kappa shape index (κ2) is 7.41. The number of rotatable bonds is 8. The molecule has 0 atom stereocenters. The highest BCUT2D eigenvalue weighted by atomic mass is 16.7. The van der Waals surface area contributed by atoms with Gasteiger partial charge in [-0.25, -0.2) is 4.79 Å². The molecule has 8 nitrogen and oxygen atoms in total. The molecule has 1 rings (SSSR count). The largest absolute Gasteiger partial charge is 0.477 e. The number of nitro benzene ring substituents is 1. The summed E-state index contributed by atoms with van der Waals surface area (Å²) in [7, 11) is 1.52. The fraction of sp³-hybridized carbons (Fsp3) is 0.364. The molecular formula is C11H14N2O6. The van der Waals surface area contributed by atoms with Crippen LogP contribution in [0.5, 0.6) is 0 Å². The SMILES string of the molecule is COCCONCc1cccc([N+](=O)[O-])c1C(=O)O. The number of benzene rings is 1. The van der Waals surface area contributed by atoms with E-state index in [1.807, 2.05) is 0 Å². The van der Waals surface area contributed by atoms with Crippen molar-refractivity contribution in [3.63, 3.8) is 0 Å². The molecule has 1 aromatic carbocycles. The van der Waals surface area contributed by atoms with E-state index in [0.717, 1.165) is 6.07 Å². The molecule has 0 aliphatic carbocycles. The van der Waals surface area contributed by atoms with Crippen LogP contribution in [0.2, 0.25) is 0 Å². The molecule has 104 valence electrons. The van der Waals surface area contributed by atoms with Gasteiger partial charge in [0.2, 0.25) is 0 Å². The van der Waals surface area contributed by atoms with Crippen LogP contribution in [0.25, 0.3) is 0 Å². The summed E-state index contributed by atoms with van der Waals surface area (Å²) in [5, 5.41) is 19.8. The van der Waals surface area contributed by atoms with E-state index in [9.17, 15) is 14.9 Å². The molecule has 1 aromatic rings. The summed E-state index contributed by atoms with van der Waals surface area (Å²) in [6.07, 6.45) is 0. The van der Waals surface area contributed by atoms with Crippen LogP contribution >= 0.6 is 0 Å². The Morgan fingerprint density at radius 2 is 2.21 bits per heavy atom. The van der Waals surface area contributed by atoms with Gasteiger partial charge in [-0.1, -0.05) is 12.1 Å². The van der Waals surface area contributed by atoms with Gasteiger partial charge in [0.1, 0.15) is 5.56 Å². The summed E-state index contributed by atoms with van der Waals surface area (Å²) in [5.74, 6) is -1.35. The number of hydrogen-bond acceptors (Lipinski definition) is 6. The maximum Gasteiger partial charge on any atom is 0.343 e. The molecule has 19 heavy (non-hydrogen) atoms. The zero-order valence-corrected chi connectivity index (χ0v) is 10.3. The van der Waals surface area contributed by atoms with Crippen molar-refractivity contribution in [1.82, 2.24) is 5.48 Å². The highest BCUT2D eigenvalue weighted by Gasteiger charge is 2.22. The lowest BCUT2D eigenvalue weighted by molar-refractivity contribution is -0.385. The second-order valence-electron chi connectivity index (χ2n) is 3.54. The number of ether oxygens (including phenoxy) is 1. The Kier molecular flexibility index (Phi) is 5.86. The molecule has 0 spiro atoms. The average Bonchev–Trinajstić information content (AvgIpc) is 2.37. The first-order valence-electron chi connectivity index (χ1n) is 5.41. The number of aromatic carboxylic acids is 1. The summed E-state index contributed by atoms with van der Waals surface area (Å²) in [6, 6.07) is 4.07. The van der Waals surface area contributed by atoms with E-state index >= 15 is 0 Å². The number of carboxylic acids is 1. The molecule has 8 heteroatoms. The summed E-state index contributed by atoms with van der Waals surface area (Å²) >= 11 is 0. The van der Waals surface area contributed by atoms with Gasteiger partial charge >= 0.3 is 5.97 Å². The van der Waals surface area contributed by atoms with Gasteiger partial charge in [-0.2, -0.15) is 5.48 Å². The van der Waals surface area contributed by atoms with Crippen LogP contribution in [-0.4, -0.2) is 36.3 Å². The van der Waals surface area contributed by atoms with Gasteiger partial charge in [-0.05, 0) is 5.56 Å². The maximum absolute atomic E-state index is 11.1. The third kappa shape index (κ3) is 4.28. The predicted octanol–water partition coefficient (Wildman–Crippen LogP) is 0.961.